The fraction of sp³-hybridized carbons (Fsp3) is 0.562. The van der Waals surface area contributed by atoms with E-state index in [0.717, 1.165) is 19.4 Å². The number of anilines is 1. The number of fused-ring (bicyclic) bond motifs is 1. The van der Waals surface area contributed by atoms with Gasteiger partial charge >= 0.3 is 6.03 Å². The molecular weight excluding hydrogens is 250 g/mol. The lowest BCUT2D eigenvalue weighted by atomic mass is 9.99. The second-order valence-corrected chi connectivity index (χ2v) is 5.98. The maximum absolute atomic E-state index is 11.1. The number of hydrogen-bond donors (Lipinski definition) is 2. The van der Waals surface area contributed by atoms with Gasteiger partial charge in [0.15, 0.2) is 0 Å². The van der Waals surface area contributed by atoms with Crippen LogP contribution in [0.4, 0.5) is 10.5 Å². The molecule has 1 aromatic carbocycles. The molecule has 0 spiro atoms. The summed E-state index contributed by atoms with van der Waals surface area (Å²) in [7, 11) is 0. The molecular formula is C16H23N3O. The first kappa shape index (κ1) is 13.3. The van der Waals surface area contributed by atoms with Gasteiger partial charge in [-0.3, -0.25) is 0 Å². The largest absolute Gasteiger partial charge is 0.369 e. The predicted molar refractivity (Wildman–Crippen MR) is 80.9 cm³/mol. The van der Waals surface area contributed by atoms with Crippen LogP contribution in [0.3, 0.4) is 0 Å². The average molecular weight is 273 g/mol. The van der Waals surface area contributed by atoms with Gasteiger partial charge in [-0.25, -0.2) is 4.79 Å². The number of amides is 2. The van der Waals surface area contributed by atoms with Crippen molar-refractivity contribution < 1.29 is 4.79 Å². The number of carbonyl (C=O) groups is 1. The third-order valence-corrected chi connectivity index (χ3v) is 4.67. The summed E-state index contributed by atoms with van der Waals surface area (Å²) >= 11 is 0. The van der Waals surface area contributed by atoms with Crippen LogP contribution in [-0.2, 0) is 6.42 Å². The van der Waals surface area contributed by atoms with Crippen molar-refractivity contribution in [3.63, 3.8) is 0 Å². The number of hydrogen-bond acceptors (Lipinski definition) is 2. The molecule has 2 amide bonds. The maximum Gasteiger partial charge on any atom is 0.312 e. The number of urea groups is 1. The van der Waals surface area contributed by atoms with Gasteiger partial charge in [-0.05, 0) is 56.2 Å². The Kier molecular flexibility index (Phi) is 3.55. The molecule has 1 aliphatic carbocycles. The predicted octanol–water partition coefficient (Wildman–Crippen LogP) is 2.72. The highest BCUT2D eigenvalue weighted by molar-refractivity contribution is 5.73. The quantitative estimate of drug-likeness (QED) is 0.870. The van der Waals surface area contributed by atoms with E-state index in [1.54, 1.807) is 0 Å². The molecule has 0 bridgehead atoms. The van der Waals surface area contributed by atoms with Crippen molar-refractivity contribution in [3.05, 3.63) is 29.3 Å². The summed E-state index contributed by atoms with van der Waals surface area (Å²) in [5.41, 5.74) is 9.29. The van der Waals surface area contributed by atoms with Crippen LogP contribution in [0, 0.1) is 0 Å². The molecule has 1 aromatic rings. The first-order valence-corrected chi connectivity index (χ1v) is 7.61. The molecule has 1 saturated heterocycles. The van der Waals surface area contributed by atoms with E-state index in [4.69, 9.17) is 5.73 Å². The molecule has 0 radical (unpaired) electrons. The fourth-order valence-corrected chi connectivity index (χ4v) is 3.68. The molecule has 2 atom stereocenters. The number of nitrogens with zero attached hydrogens (tertiary/aromatic N) is 1. The normalized spacial score (nSPS) is 25.4. The van der Waals surface area contributed by atoms with Crippen LogP contribution in [0.1, 0.15) is 49.8 Å². The number of primary amides is 1. The number of nitrogens with one attached hydrogen (secondary N) is 1. The van der Waals surface area contributed by atoms with Gasteiger partial charge in [0.2, 0.25) is 0 Å². The summed E-state index contributed by atoms with van der Waals surface area (Å²) < 4.78 is 0. The van der Waals surface area contributed by atoms with Crippen molar-refractivity contribution in [3.8, 4) is 0 Å². The van der Waals surface area contributed by atoms with Crippen LogP contribution < -0.4 is 16.0 Å². The zero-order chi connectivity index (χ0) is 14.1. The van der Waals surface area contributed by atoms with Crippen LogP contribution in [0.5, 0.6) is 0 Å². The van der Waals surface area contributed by atoms with E-state index in [0.29, 0.717) is 6.04 Å². The number of nitrogens with two attached hydrogens (primary N) is 1. The Morgan fingerprint density at radius 2 is 2.20 bits per heavy atom. The minimum atomic E-state index is -0.431. The molecule has 1 heterocycles. The summed E-state index contributed by atoms with van der Waals surface area (Å²) in [6, 6.07) is 6.73. The molecule has 3 rings (SSSR count). The van der Waals surface area contributed by atoms with Crippen LogP contribution in [0.25, 0.3) is 0 Å². The van der Waals surface area contributed by atoms with Crippen molar-refractivity contribution in [1.29, 1.82) is 0 Å². The minimum absolute atomic E-state index is 0.0857. The molecule has 4 nitrogen and oxygen atoms in total. The van der Waals surface area contributed by atoms with Crippen LogP contribution >= 0.6 is 0 Å². The van der Waals surface area contributed by atoms with Gasteiger partial charge in [0.05, 0.1) is 6.04 Å². The molecule has 4 heteroatoms. The summed E-state index contributed by atoms with van der Waals surface area (Å²) in [5, 5.41) is 2.86. The lowest BCUT2D eigenvalue weighted by Gasteiger charge is -2.36. The zero-order valence-electron chi connectivity index (χ0n) is 12.1. The number of benzene rings is 1. The maximum atomic E-state index is 11.1. The van der Waals surface area contributed by atoms with Gasteiger partial charge in [0.25, 0.3) is 0 Å². The molecule has 2 aliphatic rings. The highest BCUT2D eigenvalue weighted by atomic mass is 16.2. The van der Waals surface area contributed by atoms with Crippen molar-refractivity contribution in [1.82, 2.24) is 5.32 Å². The first-order chi connectivity index (χ1) is 9.66. The van der Waals surface area contributed by atoms with Gasteiger partial charge in [-0.15, -0.1) is 0 Å². The Hall–Kier alpha value is -1.71. The third-order valence-electron chi connectivity index (χ3n) is 4.67. The summed E-state index contributed by atoms with van der Waals surface area (Å²) in [6.45, 7) is 3.46. The smallest absolute Gasteiger partial charge is 0.312 e. The van der Waals surface area contributed by atoms with E-state index in [2.05, 4.69) is 35.3 Å². The van der Waals surface area contributed by atoms with Crippen LogP contribution in [-0.4, -0.2) is 18.6 Å². The van der Waals surface area contributed by atoms with Crippen molar-refractivity contribution in [2.75, 3.05) is 11.4 Å². The molecule has 20 heavy (non-hydrogen) atoms. The zero-order valence-corrected chi connectivity index (χ0v) is 12.1. The molecule has 1 fully saturated rings. The van der Waals surface area contributed by atoms with E-state index in [9.17, 15) is 4.79 Å². The molecule has 0 saturated carbocycles. The Morgan fingerprint density at radius 1 is 1.35 bits per heavy atom. The molecule has 1 aliphatic heterocycles. The second-order valence-electron chi connectivity index (χ2n) is 5.98. The van der Waals surface area contributed by atoms with E-state index in [1.165, 1.54) is 36.1 Å². The van der Waals surface area contributed by atoms with Gasteiger partial charge in [0.1, 0.15) is 0 Å². The lowest BCUT2D eigenvalue weighted by Crippen LogP contribution is -2.38. The van der Waals surface area contributed by atoms with Crippen LogP contribution in [0.15, 0.2) is 18.2 Å². The van der Waals surface area contributed by atoms with Crippen LogP contribution in [0.2, 0.25) is 0 Å². The third kappa shape index (κ3) is 2.35. The molecule has 0 aromatic heterocycles. The topological polar surface area (TPSA) is 58.4 Å². The average Bonchev–Trinajstić information content (AvgIpc) is 2.82. The minimum Gasteiger partial charge on any atom is -0.369 e. The fourth-order valence-electron chi connectivity index (χ4n) is 3.68. The summed E-state index contributed by atoms with van der Waals surface area (Å²) in [5.74, 6) is 0. The van der Waals surface area contributed by atoms with Gasteiger partial charge in [0, 0.05) is 18.3 Å². The number of piperidine rings is 1. The Balaban J connectivity index is 1.91. The van der Waals surface area contributed by atoms with Crippen molar-refractivity contribution in [2.45, 2.75) is 51.1 Å². The first-order valence-electron chi connectivity index (χ1n) is 7.61. The molecule has 2 unspecified atom stereocenters. The van der Waals surface area contributed by atoms with E-state index in [-0.39, 0.29) is 6.04 Å². The number of rotatable bonds is 2. The SMILES string of the molecule is CC1CCCCN1c1cccc2c1CCC2NC(N)=O. The van der Waals surface area contributed by atoms with Gasteiger partial charge in [-0.2, -0.15) is 0 Å². The Bertz CT molecular complexity index is 514. The molecule has 108 valence electrons. The summed E-state index contributed by atoms with van der Waals surface area (Å²) in [6.07, 6.45) is 5.86. The van der Waals surface area contributed by atoms with Gasteiger partial charge in [-0.1, -0.05) is 12.1 Å². The lowest BCUT2D eigenvalue weighted by molar-refractivity contribution is 0.245. The van der Waals surface area contributed by atoms with Crippen molar-refractivity contribution >= 4 is 11.7 Å². The number of carbonyl (C=O) groups excluding carboxylic acids is 1. The van der Waals surface area contributed by atoms with Crippen molar-refractivity contribution in [2.24, 2.45) is 5.73 Å². The monoisotopic (exact) mass is 273 g/mol. The second kappa shape index (κ2) is 5.35. The standard InChI is InChI=1S/C16H23N3O/c1-11-5-2-3-10-19(11)15-7-4-6-12-13(15)8-9-14(12)18-16(17)20/h4,6-7,11,14H,2-3,5,8-10H2,1H3,(H3,17,18,20). The van der Waals surface area contributed by atoms with E-state index < -0.39 is 6.03 Å². The van der Waals surface area contributed by atoms with E-state index in [1.807, 2.05) is 0 Å². The molecule has 3 N–H and O–H groups in total. The summed E-state index contributed by atoms with van der Waals surface area (Å²) in [4.78, 5) is 13.6. The van der Waals surface area contributed by atoms with Gasteiger partial charge < -0.3 is 16.0 Å². The Labute approximate surface area is 120 Å². The van der Waals surface area contributed by atoms with E-state index >= 15 is 0 Å². The highest BCUT2D eigenvalue weighted by Gasteiger charge is 2.28. The highest BCUT2D eigenvalue weighted by Crippen LogP contribution is 2.39. The Morgan fingerprint density at radius 3 is 2.95 bits per heavy atom.